The van der Waals surface area contributed by atoms with Gasteiger partial charge in [0.15, 0.2) is 0 Å². The Bertz CT molecular complexity index is 495. The lowest BCUT2D eigenvalue weighted by molar-refractivity contribution is 0.245. The highest BCUT2D eigenvalue weighted by Crippen LogP contribution is 2.06. The maximum Gasteiger partial charge on any atom is 0.328 e. The Morgan fingerprint density at radius 2 is 2.17 bits per heavy atom. The second kappa shape index (κ2) is 6.39. The summed E-state index contributed by atoms with van der Waals surface area (Å²) in [6.07, 6.45) is 2.69. The van der Waals surface area contributed by atoms with Crippen LogP contribution in [-0.4, -0.2) is 25.4 Å². The van der Waals surface area contributed by atoms with Crippen molar-refractivity contribution in [2.45, 2.75) is 33.2 Å². The van der Waals surface area contributed by atoms with E-state index in [0.29, 0.717) is 12.1 Å². The van der Waals surface area contributed by atoms with Crippen LogP contribution < -0.4 is 10.0 Å². The molecule has 1 rings (SSSR count). The Kier molecular flexibility index (Phi) is 5.14. The normalized spacial score (nSPS) is 11.2. The maximum absolute atomic E-state index is 11.4. The first-order chi connectivity index (χ1) is 8.48. The molecule has 0 radical (unpaired) electrons. The van der Waals surface area contributed by atoms with E-state index in [4.69, 9.17) is 4.52 Å². The van der Waals surface area contributed by atoms with Crippen LogP contribution in [0.3, 0.4) is 0 Å². The van der Waals surface area contributed by atoms with Gasteiger partial charge in [-0.3, -0.25) is 0 Å². The van der Waals surface area contributed by atoms with Gasteiger partial charge in [0.1, 0.15) is 12.0 Å². The zero-order valence-corrected chi connectivity index (χ0v) is 11.2. The summed E-state index contributed by atoms with van der Waals surface area (Å²) in [5, 5.41) is 6.15. The van der Waals surface area contributed by atoms with Gasteiger partial charge in [0.2, 0.25) is 10.0 Å². The predicted molar refractivity (Wildman–Crippen MR) is 65.3 cm³/mol. The van der Waals surface area contributed by atoms with E-state index < -0.39 is 16.1 Å². The van der Waals surface area contributed by atoms with E-state index >= 15 is 0 Å². The number of amides is 2. The van der Waals surface area contributed by atoms with Crippen molar-refractivity contribution in [2.24, 2.45) is 0 Å². The molecule has 18 heavy (non-hydrogen) atoms. The highest BCUT2D eigenvalue weighted by Gasteiger charge is 2.14. The van der Waals surface area contributed by atoms with Gasteiger partial charge in [0.25, 0.3) is 0 Å². The molecule has 2 amide bonds. The van der Waals surface area contributed by atoms with Crippen molar-refractivity contribution in [1.29, 1.82) is 0 Å². The number of aryl methyl sites for hydroxylation is 1. The lowest BCUT2D eigenvalue weighted by Crippen LogP contribution is -2.40. The molecule has 0 fully saturated rings. The van der Waals surface area contributed by atoms with E-state index in [0.717, 1.165) is 12.0 Å². The van der Waals surface area contributed by atoms with Crippen LogP contribution in [-0.2, 0) is 23.0 Å². The van der Waals surface area contributed by atoms with Gasteiger partial charge in [0, 0.05) is 5.56 Å². The summed E-state index contributed by atoms with van der Waals surface area (Å²) in [4.78, 5) is 11.4. The number of carbonyl (C=O) groups is 1. The van der Waals surface area contributed by atoms with Gasteiger partial charge in [-0.1, -0.05) is 19.0 Å². The molecular weight excluding hydrogens is 258 g/mol. The highest BCUT2D eigenvalue weighted by atomic mass is 32.2. The fraction of sp³-hybridized carbons (Fsp3) is 0.600. The van der Waals surface area contributed by atoms with Gasteiger partial charge in [0.05, 0.1) is 12.3 Å². The van der Waals surface area contributed by atoms with Gasteiger partial charge < -0.3 is 9.84 Å². The van der Waals surface area contributed by atoms with Gasteiger partial charge >= 0.3 is 6.03 Å². The summed E-state index contributed by atoms with van der Waals surface area (Å²) in [5.41, 5.74) is 1.48. The van der Waals surface area contributed by atoms with Crippen LogP contribution in [0.25, 0.3) is 0 Å². The third-order valence-corrected chi connectivity index (χ3v) is 3.69. The van der Waals surface area contributed by atoms with Crippen LogP contribution >= 0.6 is 0 Å². The van der Waals surface area contributed by atoms with Crippen molar-refractivity contribution in [3.8, 4) is 0 Å². The number of urea groups is 1. The molecule has 0 spiro atoms. The van der Waals surface area contributed by atoms with Crippen molar-refractivity contribution in [1.82, 2.24) is 15.2 Å². The Morgan fingerprint density at radius 3 is 2.78 bits per heavy atom. The van der Waals surface area contributed by atoms with Crippen molar-refractivity contribution in [3.05, 3.63) is 17.5 Å². The Balaban J connectivity index is 2.47. The van der Waals surface area contributed by atoms with Crippen LogP contribution in [0, 0.1) is 0 Å². The highest BCUT2D eigenvalue weighted by molar-refractivity contribution is 7.90. The van der Waals surface area contributed by atoms with E-state index in [1.807, 2.05) is 11.6 Å². The average Bonchev–Trinajstić information content (AvgIpc) is 2.72. The summed E-state index contributed by atoms with van der Waals surface area (Å²) in [6.45, 7) is 3.79. The fourth-order valence-electron chi connectivity index (χ4n) is 1.37. The summed E-state index contributed by atoms with van der Waals surface area (Å²) in [5.74, 6) is -0.0788. The van der Waals surface area contributed by atoms with E-state index in [2.05, 4.69) is 10.5 Å². The lowest BCUT2D eigenvalue weighted by Gasteiger charge is -2.06. The van der Waals surface area contributed by atoms with Gasteiger partial charge in [-0.05, 0) is 12.8 Å². The lowest BCUT2D eigenvalue weighted by atomic mass is 10.2. The third kappa shape index (κ3) is 4.36. The number of nitrogens with zero attached hydrogens (tertiary/aromatic N) is 1. The van der Waals surface area contributed by atoms with Gasteiger partial charge in [-0.15, -0.1) is 0 Å². The number of hydrogen-bond acceptors (Lipinski definition) is 5. The molecule has 1 heterocycles. The van der Waals surface area contributed by atoms with Gasteiger partial charge in [-0.2, -0.15) is 0 Å². The number of nitrogens with one attached hydrogen (secondary N) is 2. The minimum Gasteiger partial charge on any atom is -0.364 e. The number of hydrogen-bond donors (Lipinski definition) is 2. The summed E-state index contributed by atoms with van der Waals surface area (Å²) < 4.78 is 29.3. The smallest absolute Gasteiger partial charge is 0.328 e. The molecule has 0 aromatic carbocycles. The molecule has 0 saturated heterocycles. The first-order valence-electron chi connectivity index (χ1n) is 5.69. The molecular formula is C10H17N3O4S. The molecule has 1 aromatic rings. The molecule has 1 aromatic heterocycles. The molecule has 0 aliphatic rings. The minimum atomic E-state index is -3.54. The van der Waals surface area contributed by atoms with Crippen molar-refractivity contribution in [3.63, 3.8) is 0 Å². The molecule has 0 bridgehead atoms. The third-order valence-electron chi connectivity index (χ3n) is 2.25. The van der Waals surface area contributed by atoms with Crippen LogP contribution in [0.1, 0.15) is 31.5 Å². The van der Waals surface area contributed by atoms with Crippen molar-refractivity contribution >= 4 is 16.1 Å². The number of aromatic nitrogens is 1. The second-order valence-corrected chi connectivity index (χ2v) is 5.59. The van der Waals surface area contributed by atoms with E-state index in [-0.39, 0.29) is 12.3 Å². The van der Waals surface area contributed by atoms with E-state index in [1.165, 1.54) is 6.26 Å². The average molecular weight is 275 g/mol. The minimum absolute atomic E-state index is 0.0788. The molecule has 0 atom stereocenters. The Hall–Kier alpha value is -1.57. The molecule has 0 aliphatic carbocycles. The summed E-state index contributed by atoms with van der Waals surface area (Å²) in [6, 6.07) is -0.756. The Labute approximate surface area is 106 Å². The van der Waals surface area contributed by atoms with Gasteiger partial charge in [-0.25, -0.2) is 17.9 Å². The first kappa shape index (κ1) is 14.5. The quantitative estimate of drug-likeness (QED) is 0.798. The number of rotatable bonds is 6. The zero-order valence-electron chi connectivity index (χ0n) is 10.4. The zero-order chi connectivity index (χ0) is 13.6. The molecule has 0 aliphatic heterocycles. The van der Waals surface area contributed by atoms with Crippen LogP contribution in [0.2, 0.25) is 0 Å². The monoisotopic (exact) mass is 275 g/mol. The number of sulfonamides is 1. The summed E-state index contributed by atoms with van der Waals surface area (Å²) in [7, 11) is -3.54. The molecule has 8 heteroatoms. The molecule has 0 unspecified atom stereocenters. The first-order valence-corrected chi connectivity index (χ1v) is 7.34. The topological polar surface area (TPSA) is 101 Å². The van der Waals surface area contributed by atoms with Crippen LogP contribution in [0.15, 0.2) is 10.8 Å². The van der Waals surface area contributed by atoms with Crippen LogP contribution in [0.5, 0.6) is 0 Å². The largest absolute Gasteiger partial charge is 0.364 e. The van der Waals surface area contributed by atoms with E-state index in [1.54, 1.807) is 6.92 Å². The second-order valence-electron chi connectivity index (χ2n) is 3.74. The standard InChI is InChI=1S/C10H17N3O4S/c1-3-5-18(15,16)13-10(14)11-6-9-8(4-2)7-17-12-9/h7H,3-6H2,1-2H3,(H2,11,13,14). The molecule has 0 saturated carbocycles. The maximum atomic E-state index is 11.4. The SMILES string of the molecule is CCCS(=O)(=O)NC(=O)NCc1nocc1CC. The van der Waals surface area contributed by atoms with E-state index in [9.17, 15) is 13.2 Å². The molecule has 2 N–H and O–H groups in total. The van der Waals surface area contributed by atoms with Crippen LogP contribution in [0.4, 0.5) is 4.79 Å². The predicted octanol–water partition coefficient (Wildman–Crippen LogP) is 0.776. The summed E-state index contributed by atoms with van der Waals surface area (Å²) >= 11 is 0. The fourth-order valence-corrected chi connectivity index (χ4v) is 2.37. The number of carbonyl (C=O) groups excluding carboxylic acids is 1. The van der Waals surface area contributed by atoms with Crippen molar-refractivity contribution in [2.75, 3.05) is 5.75 Å². The molecule has 7 nitrogen and oxygen atoms in total. The molecule has 102 valence electrons. The van der Waals surface area contributed by atoms with Crippen molar-refractivity contribution < 1.29 is 17.7 Å². The Morgan fingerprint density at radius 1 is 1.44 bits per heavy atom.